The van der Waals surface area contributed by atoms with E-state index in [-0.39, 0.29) is 34.0 Å². The summed E-state index contributed by atoms with van der Waals surface area (Å²) in [5, 5.41) is 12.2. The lowest BCUT2D eigenvalue weighted by Gasteiger charge is -2.57. The molecule has 0 unspecified atom stereocenters. The molecule has 9 atom stereocenters. The number of aliphatic hydroxyl groups is 1. The van der Waals surface area contributed by atoms with Crippen molar-refractivity contribution in [3.05, 3.63) is 23.3 Å². The molecule has 0 radical (unpaired) electrons. The van der Waals surface area contributed by atoms with Gasteiger partial charge in [-0.25, -0.2) is 0 Å². The summed E-state index contributed by atoms with van der Waals surface area (Å²) in [5.74, 6) is 2.55. The van der Waals surface area contributed by atoms with Crippen molar-refractivity contribution in [1.82, 2.24) is 0 Å². The van der Waals surface area contributed by atoms with E-state index in [0.717, 1.165) is 32.1 Å². The Morgan fingerprint density at radius 1 is 1.05 bits per heavy atom. The molecule has 0 aromatic carbocycles. The quantitative estimate of drug-likeness (QED) is 0.209. The van der Waals surface area contributed by atoms with Crippen LogP contribution in [0.2, 0.25) is 18.1 Å². The summed E-state index contributed by atoms with van der Waals surface area (Å²) in [7, 11) is -0.200. The van der Waals surface area contributed by atoms with Crippen LogP contribution in [0.25, 0.3) is 0 Å². The van der Waals surface area contributed by atoms with E-state index < -0.39 is 8.32 Å². The van der Waals surface area contributed by atoms with Gasteiger partial charge in [0.2, 0.25) is 0 Å². The number of hydrogen-bond donors (Lipinski definition) is 1. The molecule has 4 rings (SSSR count). The first-order chi connectivity index (χ1) is 18.5. The van der Waals surface area contributed by atoms with Gasteiger partial charge in [0.1, 0.15) is 6.79 Å². The number of allylic oxidation sites excluding steroid dienone is 2. The third kappa shape index (κ3) is 5.98. The maximum absolute atomic E-state index is 12.0. The smallest absolute Gasteiger partial charge is 0.192 e. The Morgan fingerprint density at radius 3 is 2.38 bits per heavy atom. The molecule has 0 heterocycles. The summed E-state index contributed by atoms with van der Waals surface area (Å²) in [5.41, 5.74) is 3.17. The maximum Gasteiger partial charge on any atom is 0.192 e. The molecule has 0 aromatic rings. The molecule has 0 bridgehead atoms. The van der Waals surface area contributed by atoms with Gasteiger partial charge < -0.3 is 19.0 Å². The fraction of sp³-hybridized carbons (Fsp3) is 0.886. The lowest BCUT2D eigenvalue weighted by Crippen LogP contribution is -2.54. The van der Waals surface area contributed by atoms with Crippen LogP contribution in [0.3, 0.4) is 0 Å². The van der Waals surface area contributed by atoms with Gasteiger partial charge in [-0.05, 0) is 104 Å². The molecule has 0 spiro atoms. The molecule has 0 aliphatic heterocycles. The Bertz CT molecular complexity index is 948. The monoisotopic (exact) mass is 574 g/mol. The molecule has 3 saturated carbocycles. The van der Waals surface area contributed by atoms with E-state index in [0.29, 0.717) is 36.6 Å². The summed E-state index contributed by atoms with van der Waals surface area (Å²) in [6, 6.07) is 0. The summed E-state index contributed by atoms with van der Waals surface area (Å²) >= 11 is 0. The predicted octanol–water partition coefficient (Wildman–Crippen LogP) is 8.91. The first-order valence-electron chi connectivity index (χ1n) is 16.4. The number of aliphatic hydroxyl groups excluding tert-OH is 1. The van der Waals surface area contributed by atoms with Crippen molar-refractivity contribution in [3.8, 4) is 0 Å². The number of hydrogen-bond acceptors (Lipinski definition) is 4. The summed E-state index contributed by atoms with van der Waals surface area (Å²) in [4.78, 5) is 0. The van der Waals surface area contributed by atoms with Crippen molar-refractivity contribution in [2.75, 3.05) is 13.9 Å². The van der Waals surface area contributed by atoms with E-state index >= 15 is 0 Å². The summed E-state index contributed by atoms with van der Waals surface area (Å²) in [6.07, 6.45) is 13.9. The largest absolute Gasteiger partial charge is 0.414 e. The zero-order valence-electron chi connectivity index (χ0n) is 27.8. The molecule has 230 valence electrons. The van der Waals surface area contributed by atoms with Crippen molar-refractivity contribution in [3.63, 3.8) is 0 Å². The van der Waals surface area contributed by atoms with Crippen molar-refractivity contribution < 1.29 is 19.0 Å². The number of methoxy groups -OCH3 is 1. The zero-order valence-corrected chi connectivity index (χ0v) is 28.8. The van der Waals surface area contributed by atoms with Crippen molar-refractivity contribution >= 4 is 8.32 Å². The van der Waals surface area contributed by atoms with E-state index in [1.54, 1.807) is 12.7 Å². The molecule has 0 saturated heterocycles. The summed E-state index contributed by atoms with van der Waals surface area (Å²) in [6.45, 7) is 24.4. The highest BCUT2D eigenvalue weighted by Crippen LogP contribution is 2.66. The Morgan fingerprint density at radius 2 is 1.75 bits per heavy atom. The van der Waals surface area contributed by atoms with Crippen LogP contribution in [-0.4, -0.2) is 45.6 Å². The van der Waals surface area contributed by atoms with Gasteiger partial charge in [-0.15, -0.1) is 0 Å². The normalized spacial score (nSPS) is 37.8. The van der Waals surface area contributed by atoms with Crippen molar-refractivity contribution in [2.24, 2.45) is 40.4 Å². The summed E-state index contributed by atoms with van der Waals surface area (Å²) < 4.78 is 18.4. The molecule has 0 aromatic heterocycles. The molecule has 3 fully saturated rings. The standard InChI is InChI=1S/C35H62O4Si/c1-23(2)12-17-31(39-40(10,11)33(4,5)6)24(3)28-15-16-29-27-14-13-25-20-26(38-22-37-9)18-19-34(25,7)32(27)30(36)21-35(28,29)8/h13-14,23-24,26,28-32,36H,12,15-22H2,1-11H3/t24-,26-,28+,29-,30+,31+,32+,34-,35+/m0/s1. The van der Waals surface area contributed by atoms with E-state index in [2.05, 4.69) is 80.6 Å². The van der Waals surface area contributed by atoms with Crippen LogP contribution < -0.4 is 0 Å². The second-order valence-electron chi connectivity index (χ2n) is 16.5. The molecule has 0 amide bonds. The number of rotatable bonds is 10. The third-order valence-electron chi connectivity index (χ3n) is 12.5. The van der Waals surface area contributed by atoms with Gasteiger partial charge in [0.05, 0.1) is 12.2 Å². The highest BCUT2D eigenvalue weighted by atomic mass is 28.4. The first-order valence-corrected chi connectivity index (χ1v) is 19.3. The molecule has 1 N–H and O–H groups in total. The first kappa shape index (κ1) is 32.5. The maximum atomic E-state index is 12.0. The third-order valence-corrected chi connectivity index (χ3v) is 17.0. The van der Waals surface area contributed by atoms with Gasteiger partial charge in [-0.2, -0.15) is 0 Å². The Kier molecular flexibility index (Phi) is 9.66. The van der Waals surface area contributed by atoms with Gasteiger partial charge in [-0.3, -0.25) is 0 Å². The van der Waals surface area contributed by atoms with Crippen LogP contribution in [0.5, 0.6) is 0 Å². The minimum Gasteiger partial charge on any atom is -0.414 e. The van der Waals surface area contributed by atoms with Crippen LogP contribution >= 0.6 is 0 Å². The van der Waals surface area contributed by atoms with E-state index in [9.17, 15) is 5.11 Å². The molecule has 4 aliphatic carbocycles. The van der Waals surface area contributed by atoms with Crippen LogP contribution in [0, 0.1) is 40.4 Å². The van der Waals surface area contributed by atoms with E-state index in [4.69, 9.17) is 13.9 Å². The fourth-order valence-electron chi connectivity index (χ4n) is 9.05. The van der Waals surface area contributed by atoms with Gasteiger partial charge in [-0.1, -0.05) is 78.7 Å². The van der Waals surface area contributed by atoms with Gasteiger partial charge in [0, 0.05) is 19.1 Å². The molecule has 5 heteroatoms. The zero-order chi connectivity index (χ0) is 29.7. The Labute approximate surface area is 247 Å². The van der Waals surface area contributed by atoms with E-state index in [1.807, 2.05) is 0 Å². The van der Waals surface area contributed by atoms with Gasteiger partial charge in [0.15, 0.2) is 8.32 Å². The number of fused-ring (bicyclic) bond motifs is 5. The van der Waals surface area contributed by atoms with Crippen LogP contribution in [-0.2, 0) is 13.9 Å². The molecule has 4 aliphatic rings. The fourth-order valence-corrected chi connectivity index (χ4v) is 10.5. The second kappa shape index (κ2) is 11.9. The molecule has 40 heavy (non-hydrogen) atoms. The molecular formula is C35H62O4Si. The van der Waals surface area contributed by atoms with Crippen molar-refractivity contribution in [1.29, 1.82) is 0 Å². The number of ether oxygens (including phenoxy) is 2. The topological polar surface area (TPSA) is 47.9 Å². The Balaban J connectivity index is 1.60. The van der Waals surface area contributed by atoms with Crippen LogP contribution in [0.15, 0.2) is 23.3 Å². The van der Waals surface area contributed by atoms with Gasteiger partial charge >= 0.3 is 0 Å². The molecular weight excluding hydrogens is 512 g/mol. The minimum absolute atomic E-state index is 0.0344. The predicted molar refractivity (Wildman–Crippen MR) is 169 cm³/mol. The SMILES string of the molecule is COCO[C@H]1CC[C@@]2(C)C(=CC=C3[C@@H]2[C@H](O)C[C@]2(C)[C@@H]([C@H](C)[C@@H](CCC(C)C)O[Si](C)(C)C(C)(C)C)CC[C@@H]32)C1. The lowest BCUT2D eigenvalue weighted by atomic mass is 9.49. The average Bonchev–Trinajstić information content (AvgIpc) is 3.20. The Hall–Kier alpha value is -0.463. The van der Waals surface area contributed by atoms with E-state index in [1.165, 1.54) is 24.8 Å². The molecule has 4 nitrogen and oxygen atoms in total. The highest BCUT2D eigenvalue weighted by molar-refractivity contribution is 6.74. The van der Waals surface area contributed by atoms with Gasteiger partial charge in [0.25, 0.3) is 0 Å². The average molecular weight is 575 g/mol. The highest BCUT2D eigenvalue weighted by Gasteiger charge is 2.60. The minimum atomic E-state index is -1.89. The second-order valence-corrected chi connectivity index (χ2v) is 21.2. The van der Waals surface area contributed by atoms with Crippen molar-refractivity contribution in [2.45, 2.75) is 143 Å². The lowest BCUT2D eigenvalue weighted by molar-refractivity contribution is -0.0965. The van der Waals surface area contributed by atoms with Crippen LogP contribution in [0.1, 0.15) is 107 Å². The van der Waals surface area contributed by atoms with Crippen LogP contribution in [0.4, 0.5) is 0 Å².